The van der Waals surface area contributed by atoms with Crippen LogP contribution < -0.4 is 5.32 Å². The van der Waals surface area contributed by atoms with Gasteiger partial charge in [-0.1, -0.05) is 60.0 Å². The lowest BCUT2D eigenvalue weighted by atomic mass is 10.0. The van der Waals surface area contributed by atoms with Gasteiger partial charge in [0.15, 0.2) is 0 Å². The van der Waals surface area contributed by atoms with E-state index in [1.54, 1.807) is 6.92 Å². The van der Waals surface area contributed by atoms with Gasteiger partial charge in [0.1, 0.15) is 12.1 Å². The summed E-state index contributed by atoms with van der Waals surface area (Å²) >= 11 is 0. The second kappa shape index (κ2) is 14.6. The van der Waals surface area contributed by atoms with Gasteiger partial charge in [-0.15, -0.1) is 0 Å². The Bertz CT molecular complexity index is 621. The number of aryl methyl sites for hydroxylation is 1. The summed E-state index contributed by atoms with van der Waals surface area (Å²) in [6, 6.07) is 7.09. The number of carboxylic acids is 2. The number of hydrogen-bond acceptors (Lipinski definition) is 4. The van der Waals surface area contributed by atoms with Crippen molar-refractivity contribution in [3.63, 3.8) is 0 Å². The fourth-order valence-electron chi connectivity index (χ4n) is 3.14. The van der Waals surface area contributed by atoms with Gasteiger partial charge < -0.3 is 15.1 Å². The summed E-state index contributed by atoms with van der Waals surface area (Å²) in [6.45, 7) is 1.97. The first kappa shape index (κ1) is 31.3. The van der Waals surface area contributed by atoms with E-state index in [-0.39, 0.29) is 35.6 Å². The highest BCUT2D eigenvalue weighted by Crippen LogP contribution is 2.18. The normalized spacial score (nSPS) is 16.7. The summed E-state index contributed by atoms with van der Waals surface area (Å²) in [7, 11) is 0. The van der Waals surface area contributed by atoms with Crippen LogP contribution in [0, 0.1) is 0 Å². The molecule has 1 aromatic carbocycles. The van der Waals surface area contributed by atoms with Crippen LogP contribution in [0.4, 0.5) is 0 Å². The Morgan fingerprint density at radius 3 is 2.21 bits per heavy atom. The highest BCUT2D eigenvalue weighted by Gasteiger charge is 2.36. The molecule has 3 N–H and O–H groups in total. The number of aliphatic carboxylic acids is 2. The van der Waals surface area contributed by atoms with Gasteiger partial charge in [-0.25, -0.2) is 4.79 Å². The van der Waals surface area contributed by atoms with Gasteiger partial charge in [-0.05, 0) is 38.2 Å². The van der Waals surface area contributed by atoms with Gasteiger partial charge in [-0.3, -0.25) is 14.9 Å². The quantitative estimate of drug-likeness (QED) is 0.601. The fourth-order valence-corrected chi connectivity index (χ4v) is 3.14. The Kier molecular flexibility index (Phi) is 15.7. The molecule has 1 fully saturated rings. The largest absolute Gasteiger partial charge is 0.480 e. The van der Waals surface area contributed by atoms with Crippen LogP contribution in [0.5, 0.6) is 0 Å². The zero-order chi connectivity index (χ0) is 18.4. The van der Waals surface area contributed by atoms with Crippen LogP contribution in [0.25, 0.3) is 0 Å². The molecule has 0 aromatic heterocycles. The Labute approximate surface area is 176 Å². The van der Waals surface area contributed by atoms with Crippen molar-refractivity contribution in [1.82, 2.24) is 10.2 Å². The minimum atomic E-state index is -1.02. The molecule has 0 bridgehead atoms. The molecule has 1 aliphatic rings. The van der Waals surface area contributed by atoms with E-state index in [9.17, 15) is 24.6 Å². The van der Waals surface area contributed by atoms with E-state index in [4.69, 9.17) is 0 Å². The number of hydrogen-bond donors (Lipinski definition) is 3. The molecule has 0 radical (unpaired) electrons. The lowest BCUT2D eigenvalue weighted by Gasteiger charge is -2.27. The molecule has 1 saturated heterocycles. The third-order valence-electron chi connectivity index (χ3n) is 4.51. The molecule has 0 saturated carbocycles. The van der Waals surface area contributed by atoms with Crippen molar-refractivity contribution in [2.75, 3.05) is 6.54 Å². The maximum absolute atomic E-state index is 12.5. The Morgan fingerprint density at radius 1 is 1.10 bits per heavy atom. The van der Waals surface area contributed by atoms with Gasteiger partial charge in [0.25, 0.3) is 0 Å². The number of carboxylic acid groups (broad SMARTS) is 2. The number of benzene rings is 1. The van der Waals surface area contributed by atoms with Crippen molar-refractivity contribution in [2.45, 2.75) is 80.4 Å². The average Bonchev–Trinajstić information content (AvgIpc) is 3.08. The predicted octanol–water partition coefficient (Wildman–Crippen LogP) is 3.67. The summed E-state index contributed by atoms with van der Waals surface area (Å²) in [5.41, 5.74) is 1.03. The molecule has 1 heterocycles. The molecular weight excluding hydrogens is 372 g/mol. The number of likely N-dealkylation sites (tertiary alicyclic amines) is 1. The summed E-state index contributed by atoms with van der Waals surface area (Å²) in [4.78, 5) is 36.5. The molecule has 3 atom stereocenters. The van der Waals surface area contributed by atoms with Gasteiger partial charge in [-0.2, -0.15) is 0 Å². The van der Waals surface area contributed by atoms with E-state index >= 15 is 0 Å². The predicted molar refractivity (Wildman–Crippen MR) is 118 cm³/mol. The van der Waals surface area contributed by atoms with E-state index in [2.05, 4.69) is 5.32 Å². The summed E-state index contributed by atoms with van der Waals surface area (Å²) in [5, 5.41) is 21.4. The third-order valence-corrected chi connectivity index (χ3v) is 4.51. The molecule has 1 amide bonds. The lowest BCUT2D eigenvalue weighted by molar-refractivity contribution is -0.149. The SMILES string of the molecule is C.C.C.C.CC(NC(CCc1ccccc1)C(=O)O)C(=O)N1CCCC1C(=O)O. The van der Waals surface area contributed by atoms with E-state index < -0.39 is 30.1 Å². The van der Waals surface area contributed by atoms with E-state index in [1.807, 2.05) is 30.3 Å². The van der Waals surface area contributed by atoms with Crippen LogP contribution in [0.1, 0.15) is 61.5 Å². The van der Waals surface area contributed by atoms with Crippen LogP contribution >= 0.6 is 0 Å². The molecule has 1 aliphatic heterocycles. The first-order chi connectivity index (χ1) is 11.9. The maximum atomic E-state index is 12.5. The van der Waals surface area contributed by atoms with Crippen molar-refractivity contribution < 1.29 is 24.6 Å². The van der Waals surface area contributed by atoms with E-state index in [1.165, 1.54) is 4.90 Å². The Hall–Kier alpha value is -2.41. The van der Waals surface area contributed by atoms with Crippen molar-refractivity contribution in [2.24, 2.45) is 0 Å². The Balaban J connectivity index is -0.00000169. The molecule has 3 unspecified atom stereocenters. The molecule has 0 spiro atoms. The highest BCUT2D eigenvalue weighted by molar-refractivity contribution is 5.88. The van der Waals surface area contributed by atoms with Gasteiger partial charge >= 0.3 is 11.9 Å². The number of amides is 1. The molecule has 1 aromatic rings. The zero-order valence-electron chi connectivity index (χ0n) is 14.2. The van der Waals surface area contributed by atoms with Gasteiger partial charge in [0, 0.05) is 6.54 Å². The number of carbonyl (C=O) groups is 3. The first-order valence-electron chi connectivity index (χ1n) is 8.46. The van der Waals surface area contributed by atoms with Crippen molar-refractivity contribution >= 4 is 17.8 Å². The highest BCUT2D eigenvalue weighted by atomic mass is 16.4. The molecule has 0 aliphatic carbocycles. The van der Waals surface area contributed by atoms with Crippen molar-refractivity contribution in [3.8, 4) is 0 Å². The van der Waals surface area contributed by atoms with Gasteiger partial charge in [0.2, 0.25) is 5.91 Å². The number of rotatable bonds is 8. The molecular formula is C22H40N2O5. The smallest absolute Gasteiger partial charge is 0.326 e. The summed E-state index contributed by atoms with van der Waals surface area (Å²) in [6.07, 6.45) is 2.00. The molecule has 2 rings (SSSR count). The second-order valence-electron chi connectivity index (χ2n) is 6.33. The number of carbonyl (C=O) groups excluding carboxylic acids is 1. The summed E-state index contributed by atoms with van der Waals surface area (Å²) in [5.74, 6) is -2.40. The van der Waals surface area contributed by atoms with Crippen LogP contribution in [0.15, 0.2) is 30.3 Å². The molecule has 168 valence electrons. The lowest BCUT2D eigenvalue weighted by Crippen LogP contribution is -2.53. The van der Waals surface area contributed by atoms with Crippen molar-refractivity contribution in [3.05, 3.63) is 35.9 Å². The number of nitrogens with zero attached hydrogens (tertiary/aromatic N) is 1. The van der Waals surface area contributed by atoms with E-state index in [0.717, 1.165) is 5.56 Å². The first-order valence-corrected chi connectivity index (χ1v) is 8.46. The van der Waals surface area contributed by atoms with Crippen LogP contribution in [-0.4, -0.2) is 57.6 Å². The number of nitrogens with one attached hydrogen (secondary N) is 1. The van der Waals surface area contributed by atoms with Crippen LogP contribution in [-0.2, 0) is 20.8 Å². The minimum Gasteiger partial charge on any atom is -0.480 e. The van der Waals surface area contributed by atoms with Gasteiger partial charge in [0.05, 0.1) is 6.04 Å². The molecule has 7 nitrogen and oxygen atoms in total. The Morgan fingerprint density at radius 2 is 1.69 bits per heavy atom. The standard InChI is InChI=1S/C18H24N2O5.4CH4/c1-12(16(21)20-11-5-8-15(20)18(24)25)19-14(17(22)23)10-9-13-6-3-2-4-7-13;;;;/h2-4,6-7,12,14-15,19H,5,8-11H2,1H3,(H,22,23)(H,24,25);4*1H4. The fraction of sp³-hybridized carbons (Fsp3) is 0.591. The second-order valence-corrected chi connectivity index (χ2v) is 6.33. The maximum Gasteiger partial charge on any atom is 0.326 e. The van der Waals surface area contributed by atoms with Crippen LogP contribution in [0.3, 0.4) is 0 Å². The van der Waals surface area contributed by atoms with E-state index in [0.29, 0.717) is 32.2 Å². The summed E-state index contributed by atoms with van der Waals surface area (Å²) < 4.78 is 0. The topological polar surface area (TPSA) is 107 Å². The molecule has 7 heteroatoms. The minimum absolute atomic E-state index is 0. The van der Waals surface area contributed by atoms with Crippen LogP contribution in [0.2, 0.25) is 0 Å². The van der Waals surface area contributed by atoms with Crippen molar-refractivity contribution in [1.29, 1.82) is 0 Å². The molecule has 29 heavy (non-hydrogen) atoms. The monoisotopic (exact) mass is 412 g/mol. The zero-order valence-corrected chi connectivity index (χ0v) is 14.2. The average molecular weight is 413 g/mol. The third kappa shape index (κ3) is 8.64.